The van der Waals surface area contributed by atoms with E-state index in [4.69, 9.17) is 0 Å². The Morgan fingerprint density at radius 2 is 1.89 bits per heavy atom. The molecule has 0 aromatic rings. The van der Waals surface area contributed by atoms with Crippen molar-refractivity contribution in [3.8, 4) is 0 Å². The molecule has 2 fully saturated rings. The van der Waals surface area contributed by atoms with Crippen molar-refractivity contribution in [3.05, 3.63) is 0 Å². The lowest BCUT2D eigenvalue weighted by atomic mass is 9.79. The molecule has 0 bridgehead atoms. The second-order valence-corrected chi connectivity index (χ2v) is 5.97. The lowest BCUT2D eigenvalue weighted by Gasteiger charge is -2.46. The van der Waals surface area contributed by atoms with Gasteiger partial charge in [0.1, 0.15) is 5.54 Å². The lowest BCUT2D eigenvalue weighted by molar-refractivity contribution is -0.154. The second-order valence-electron chi connectivity index (χ2n) is 5.97. The van der Waals surface area contributed by atoms with E-state index in [1.165, 1.54) is 6.42 Å². The Hall–Kier alpha value is -1.06. The highest BCUT2D eigenvalue weighted by Gasteiger charge is 2.48. The van der Waals surface area contributed by atoms with Gasteiger partial charge in [-0.15, -0.1) is 0 Å². The van der Waals surface area contributed by atoms with Gasteiger partial charge in [-0.2, -0.15) is 0 Å². The largest absolute Gasteiger partial charge is 0.340 e. The monoisotopic (exact) mass is 266 g/mol. The van der Waals surface area contributed by atoms with Crippen molar-refractivity contribution in [2.24, 2.45) is 0 Å². The summed E-state index contributed by atoms with van der Waals surface area (Å²) < 4.78 is 0. The first-order chi connectivity index (χ1) is 9.13. The molecule has 2 aliphatic rings. The van der Waals surface area contributed by atoms with Crippen molar-refractivity contribution >= 4 is 11.8 Å². The summed E-state index contributed by atoms with van der Waals surface area (Å²) in [5, 5.41) is 3.00. The average Bonchev–Trinajstić information content (AvgIpc) is 2.41. The summed E-state index contributed by atoms with van der Waals surface area (Å²) >= 11 is 0. The molecule has 108 valence electrons. The molecule has 1 spiro atoms. The maximum absolute atomic E-state index is 12.8. The van der Waals surface area contributed by atoms with E-state index in [0.29, 0.717) is 0 Å². The molecule has 1 atom stereocenters. The third-order valence-electron chi connectivity index (χ3n) is 4.60. The first-order valence-electron chi connectivity index (χ1n) is 7.75. The van der Waals surface area contributed by atoms with Gasteiger partial charge in [-0.05, 0) is 25.7 Å². The van der Waals surface area contributed by atoms with Crippen molar-refractivity contribution < 1.29 is 9.59 Å². The molecule has 0 aromatic carbocycles. The van der Waals surface area contributed by atoms with Gasteiger partial charge in [-0.1, -0.05) is 39.5 Å². The number of rotatable bonds is 4. The van der Waals surface area contributed by atoms with Crippen molar-refractivity contribution in [2.45, 2.75) is 76.8 Å². The molecule has 1 heterocycles. The number of hydrogen-bond donors (Lipinski definition) is 1. The Kier molecular flexibility index (Phi) is 4.48. The van der Waals surface area contributed by atoms with Crippen LogP contribution < -0.4 is 5.32 Å². The normalized spacial score (nSPS) is 24.4. The number of nitrogens with zero attached hydrogens (tertiary/aromatic N) is 1. The van der Waals surface area contributed by atoms with Crippen molar-refractivity contribution in [1.29, 1.82) is 0 Å². The SMILES string of the molecule is CCCC(CC)N1CC(=O)NC2(CCCCC2)C1=O. The van der Waals surface area contributed by atoms with E-state index in [1.807, 2.05) is 4.90 Å². The van der Waals surface area contributed by atoms with Gasteiger partial charge in [0.25, 0.3) is 0 Å². The summed E-state index contributed by atoms with van der Waals surface area (Å²) in [7, 11) is 0. The number of piperazine rings is 1. The second kappa shape index (κ2) is 5.93. The molecule has 1 N–H and O–H groups in total. The standard InChI is InChI=1S/C15H26N2O2/c1-3-8-12(4-2)17-11-13(18)16-15(14(17)19)9-6-5-7-10-15/h12H,3-11H2,1-2H3,(H,16,18). The third-order valence-corrected chi connectivity index (χ3v) is 4.60. The van der Waals surface area contributed by atoms with E-state index in [-0.39, 0.29) is 24.4 Å². The predicted octanol–water partition coefficient (Wildman–Crippen LogP) is 2.23. The molecular weight excluding hydrogens is 240 g/mol. The molecule has 0 radical (unpaired) electrons. The number of carbonyl (C=O) groups excluding carboxylic acids is 2. The molecule has 2 rings (SSSR count). The fourth-order valence-corrected chi connectivity index (χ4v) is 3.56. The molecule has 0 aromatic heterocycles. The van der Waals surface area contributed by atoms with Crippen LogP contribution in [0.15, 0.2) is 0 Å². The molecule has 2 amide bonds. The molecule has 1 saturated carbocycles. The minimum atomic E-state index is -0.575. The van der Waals surface area contributed by atoms with E-state index in [1.54, 1.807) is 0 Å². The molecule has 4 nitrogen and oxygen atoms in total. The minimum Gasteiger partial charge on any atom is -0.340 e. The molecule has 4 heteroatoms. The zero-order valence-electron chi connectivity index (χ0n) is 12.2. The van der Waals surface area contributed by atoms with Crippen LogP contribution in [0.4, 0.5) is 0 Å². The molecule has 1 aliphatic carbocycles. The Balaban J connectivity index is 2.19. The van der Waals surface area contributed by atoms with Crippen LogP contribution in [0.3, 0.4) is 0 Å². The van der Waals surface area contributed by atoms with E-state index >= 15 is 0 Å². The Labute approximate surface area is 115 Å². The van der Waals surface area contributed by atoms with Crippen molar-refractivity contribution in [2.75, 3.05) is 6.54 Å². The summed E-state index contributed by atoms with van der Waals surface area (Å²) in [6.45, 7) is 4.49. The topological polar surface area (TPSA) is 49.4 Å². The fourth-order valence-electron chi connectivity index (χ4n) is 3.56. The summed E-state index contributed by atoms with van der Waals surface area (Å²) in [6, 6.07) is 0.224. The summed E-state index contributed by atoms with van der Waals surface area (Å²) in [6.07, 6.45) is 7.88. The number of hydrogen-bond acceptors (Lipinski definition) is 2. The van der Waals surface area contributed by atoms with Crippen LogP contribution in [0, 0.1) is 0 Å². The summed E-state index contributed by atoms with van der Waals surface area (Å²) in [5.74, 6) is 0.197. The van der Waals surface area contributed by atoms with Crippen molar-refractivity contribution in [1.82, 2.24) is 10.2 Å². The van der Waals surface area contributed by atoms with Crippen LogP contribution in [0.5, 0.6) is 0 Å². The summed E-state index contributed by atoms with van der Waals surface area (Å²) in [4.78, 5) is 26.7. The van der Waals surface area contributed by atoms with E-state index in [2.05, 4.69) is 19.2 Å². The molecule has 1 saturated heterocycles. The Bertz CT molecular complexity index is 348. The average molecular weight is 266 g/mol. The minimum absolute atomic E-state index is 0.0241. The van der Waals surface area contributed by atoms with Crippen LogP contribution in [0.25, 0.3) is 0 Å². The molecule has 1 aliphatic heterocycles. The molecular formula is C15H26N2O2. The Morgan fingerprint density at radius 1 is 1.21 bits per heavy atom. The van der Waals surface area contributed by atoms with Crippen molar-refractivity contribution in [3.63, 3.8) is 0 Å². The highest BCUT2D eigenvalue weighted by atomic mass is 16.2. The van der Waals surface area contributed by atoms with Gasteiger partial charge in [0.05, 0.1) is 6.54 Å². The smallest absolute Gasteiger partial charge is 0.249 e. The molecule has 1 unspecified atom stereocenters. The highest BCUT2D eigenvalue weighted by Crippen LogP contribution is 2.33. The number of nitrogens with one attached hydrogen (secondary N) is 1. The Morgan fingerprint density at radius 3 is 2.47 bits per heavy atom. The van der Waals surface area contributed by atoms with E-state index in [9.17, 15) is 9.59 Å². The first-order valence-corrected chi connectivity index (χ1v) is 7.75. The van der Waals surface area contributed by atoms with Gasteiger partial charge in [-0.3, -0.25) is 9.59 Å². The summed E-state index contributed by atoms with van der Waals surface area (Å²) in [5.41, 5.74) is -0.575. The highest BCUT2D eigenvalue weighted by molar-refractivity contribution is 5.98. The van der Waals surface area contributed by atoms with Gasteiger partial charge in [0.2, 0.25) is 11.8 Å². The number of carbonyl (C=O) groups is 2. The van der Waals surface area contributed by atoms with E-state index < -0.39 is 5.54 Å². The zero-order valence-corrected chi connectivity index (χ0v) is 12.2. The van der Waals surface area contributed by atoms with Crippen LogP contribution in [-0.2, 0) is 9.59 Å². The first kappa shape index (κ1) is 14.4. The van der Waals surface area contributed by atoms with Crippen LogP contribution in [-0.4, -0.2) is 34.8 Å². The van der Waals surface area contributed by atoms with Crippen LogP contribution in [0.2, 0.25) is 0 Å². The van der Waals surface area contributed by atoms with Crippen LogP contribution >= 0.6 is 0 Å². The number of amides is 2. The fraction of sp³-hybridized carbons (Fsp3) is 0.867. The maximum Gasteiger partial charge on any atom is 0.249 e. The van der Waals surface area contributed by atoms with E-state index in [0.717, 1.165) is 44.9 Å². The maximum atomic E-state index is 12.8. The molecule has 19 heavy (non-hydrogen) atoms. The van der Waals surface area contributed by atoms with Gasteiger partial charge in [0, 0.05) is 6.04 Å². The van der Waals surface area contributed by atoms with Crippen LogP contribution in [0.1, 0.15) is 65.2 Å². The quantitative estimate of drug-likeness (QED) is 0.848. The lowest BCUT2D eigenvalue weighted by Crippen LogP contribution is -2.68. The zero-order chi connectivity index (χ0) is 13.9. The predicted molar refractivity (Wildman–Crippen MR) is 74.7 cm³/mol. The van der Waals surface area contributed by atoms with Gasteiger partial charge < -0.3 is 10.2 Å². The van der Waals surface area contributed by atoms with Gasteiger partial charge >= 0.3 is 0 Å². The third kappa shape index (κ3) is 2.77. The van der Waals surface area contributed by atoms with Gasteiger partial charge in [-0.25, -0.2) is 0 Å². The van der Waals surface area contributed by atoms with Gasteiger partial charge in [0.15, 0.2) is 0 Å².